The van der Waals surface area contributed by atoms with E-state index in [4.69, 9.17) is 4.42 Å². The molecule has 8 nitrogen and oxygen atoms in total. The summed E-state index contributed by atoms with van der Waals surface area (Å²) < 4.78 is 6.48. The average Bonchev–Trinajstić information content (AvgIpc) is 3.01. The molecule has 1 aromatic heterocycles. The predicted molar refractivity (Wildman–Crippen MR) is 105 cm³/mol. The van der Waals surface area contributed by atoms with Crippen LogP contribution in [0.3, 0.4) is 0 Å². The monoisotopic (exact) mass is 381 g/mol. The Kier molecular flexibility index (Phi) is 5.69. The number of non-ortho nitro benzene ring substituents is 1. The van der Waals surface area contributed by atoms with E-state index in [0.717, 1.165) is 5.69 Å². The van der Waals surface area contributed by atoms with Gasteiger partial charge in [0.05, 0.1) is 16.5 Å². The topological polar surface area (TPSA) is 98.6 Å². The van der Waals surface area contributed by atoms with Crippen molar-refractivity contribution in [1.82, 2.24) is 4.57 Å². The zero-order valence-electron chi connectivity index (χ0n) is 15.1. The van der Waals surface area contributed by atoms with Crippen LogP contribution in [0.4, 0.5) is 11.4 Å². The Morgan fingerprint density at radius 2 is 2.00 bits per heavy atom. The number of nitro benzene ring substituents is 1. The van der Waals surface area contributed by atoms with E-state index < -0.39 is 10.7 Å². The van der Waals surface area contributed by atoms with Crippen LogP contribution in [0.25, 0.3) is 11.1 Å². The maximum Gasteiger partial charge on any atom is 0.419 e. The lowest BCUT2D eigenvalue weighted by Gasteiger charge is -2.21. The van der Waals surface area contributed by atoms with Gasteiger partial charge in [0, 0.05) is 31.3 Å². The average molecular weight is 381 g/mol. The number of aromatic nitrogens is 1. The molecule has 2 aromatic carbocycles. The van der Waals surface area contributed by atoms with Gasteiger partial charge in [-0.2, -0.15) is 0 Å². The minimum Gasteiger partial charge on any atom is -0.407 e. The molecule has 0 aliphatic carbocycles. The molecule has 0 aliphatic heterocycles. The van der Waals surface area contributed by atoms with Crippen molar-refractivity contribution >= 4 is 28.4 Å². The molecule has 0 aliphatic rings. The van der Waals surface area contributed by atoms with Crippen LogP contribution in [-0.2, 0) is 11.3 Å². The van der Waals surface area contributed by atoms with Crippen molar-refractivity contribution in [2.75, 3.05) is 11.4 Å². The van der Waals surface area contributed by atoms with Crippen molar-refractivity contribution in [3.05, 3.63) is 81.9 Å². The van der Waals surface area contributed by atoms with Crippen LogP contribution in [-0.4, -0.2) is 21.9 Å². The largest absolute Gasteiger partial charge is 0.419 e. The molecular weight excluding hydrogens is 362 g/mol. The van der Waals surface area contributed by atoms with Gasteiger partial charge >= 0.3 is 5.76 Å². The van der Waals surface area contributed by atoms with Gasteiger partial charge in [0.2, 0.25) is 5.91 Å². The van der Waals surface area contributed by atoms with Gasteiger partial charge in [-0.15, -0.1) is 6.58 Å². The number of fused-ring (bicyclic) bond motifs is 1. The second-order valence-corrected chi connectivity index (χ2v) is 6.16. The van der Waals surface area contributed by atoms with E-state index in [1.165, 1.54) is 22.8 Å². The van der Waals surface area contributed by atoms with Gasteiger partial charge < -0.3 is 9.32 Å². The molecule has 0 atom stereocenters. The zero-order chi connectivity index (χ0) is 20.1. The van der Waals surface area contributed by atoms with Crippen molar-refractivity contribution in [3.63, 3.8) is 0 Å². The molecule has 3 aromatic rings. The third-order valence-electron chi connectivity index (χ3n) is 4.32. The van der Waals surface area contributed by atoms with E-state index in [9.17, 15) is 19.7 Å². The standard InChI is InChI=1S/C20H19N3O5/c1-2-12-21(15-7-4-3-5-8-15)19(24)9-6-13-22-17-11-10-16(23(26)27)14-18(17)28-20(22)25/h2-5,7-8,10-11,14H,1,6,9,12-13H2. The van der Waals surface area contributed by atoms with Crippen LogP contribution >= 0.6 is 0 Å². The number of para-hydroxylation sites is 1. The smallest absolute Gasteiger partial charge is 0.407 e. The van der Waals surface area contributed by atoms with E-state index in [0.29, 0.717) is 18.5 Å². The van der Waals surface area contributed by atoms with Crippen molar-refractivity contribution < 1.29 is 14.1 Å². The molecule has 0 spiro atoms. The van der Waals surface area contributed by atoms with Crippen LogP contribution in [0, 0.1) is 10.1 Å². The van der Waals surface area contributed by atoms with Gasteiger partial charge in [0.25, 0.3) is 5.69 Å². The number of rotatable bonds is 8. The van der Waals surface area contributed by atoms with Crippen LogP contribution < -0.4 is 10.7 Å². The highest BCUT2D eigenvalue weighted by Gasteiger charge is 2.16. The predicted octanol–water partition coefficient (Wildman–Crippen LogP) is 3.50. The first-order valence-electron chi connectivity index (χ1n) is 8.75. The first kappa shape index (κ1) is 19.1. The number of aryl methyl sites for hydroxylation is 1. The minimum atomic E-state index is -0.603. The van der Waals surface area contributed by atoms with Gasteiger partial charge in [-0.05, 0) is 24.6 Å². The van der Waals surface area contributed by atoms with Crippen LogP contribution in [0.1, 0.15) is 12.8 Å². The molecule has 0 radical (unpaired) electrons. The SMILES string of the molecule is C=CCN(C(=O)CCCn1c(=O)oc2cc([N+](=O)[O-])ccc21)c1ccccc1. The second-order valence-electron chi connectivity index (χ2n) is 6.16. The lowest BCUT2D eigenvalue weighted by molar-refractivity contribution is -0.384. The normalized spacial score (nSPS) is 10.7. The lowest BCUT2D eigenvalue weighted by atomic mass is 10.2. The van der Waals surface area contributed by atoms with Gasteiger partial charge in [-0.25, -0.2) is 4.79 Å². The summed E-state index contributed by atoms with van der Waals surface area (Å²) in [5.74, 6) is -0.684. The number of nitrogens with zero attached hydrogens (tertiary/aromatic N) is 3. The van der Waals surface area contributed by atoms with E-state index in [-0.39, 0.29) is 30.1 Å². The molecule has 1 heterocycles. The molecule has 0 saturated heterocycles. The molecule has 0 bridgehead atoms. The molecule has 8 heteroatoms. The number of hydrogen-bond acceptors (Lipinski definition) is 5. The van der Waals surface area contributed by atoms with Crippen molar-refractivity contribution in [3.8, 4) is 0 Å². The lowest BCUT2D eigenvalue weighted by Crippen LogP contribution is -2.31. The Labute approximate surface area is 160 Å². The minimum absolute atomic E-state index is 0.0809. The summed E-state index contributed by atoms with van der Waals surface area (Å²) in [7, 11) is 0. The quantitative estimate of drug-likeness (QED) is 0.338. The fourth-order valence-corrected chi connectivity index (χ4v) is 2.99. The van der Waals surface area contributed by atoms with Gasteiger partial charge in [0.1, 0.15) is 0 Å². The highest BCUT2D eigenvalue weighted by Crippen LogP contribution is 2.21. The number of benzene rings is 2. The zero-order valence-corrected chi connectivity index (χ0v) is 15.1. The first-order chi connectivity index (χ1) is 13.5. The van der Waals surface area contributed by atoms with Crippen LogP contribution in [0.15, 0.2) is 70.4 Å². The van der Waals surface area contributed by atoms with E-state index in [2.05, 4.69) is 6.58 Å². The highest BCUT2D eigenvalue weighted by molar-refractivity contribution is 5.93. The van der Waals surface area contributed by atoms with Crippen LogP contribution in [0.5, 0.6) is 0 Å². The highest BCUT2D eigenvalue weighted by atomic mass is 16.6. The van der Waals surface area contributed by atoms with Crippen LogP contribution in [0.2, 0.25) is 0 Å². The Morgan fingerprint density at radius 1 is 1.25 bits per heavy atom. The molecule has 1 amide bonds. The maximum absolute atomic E-state index is 12.6. The van der Waals surface area contributed by atoms with E-state index in [1.807, 2.05) is 30.3 Å². The number of oxazole rings is 1. The molecule has 144 valence electrons. The molecule has 28 heavy (non-hydrogen) atoms. The summed E-state index contributed by atoms with van der Waals surface area (Å²) in [5, 5.41) is 10.8. The molecule has 0 unspecified atom stereocenters. The summed E-state index contributed by atoms with van der Waals surface area (Å²) in [5.41, 5.74) is 1.26. The second kappa shape index (κ2) is 8.34. The number of anilines is 1. The Bertz CT molecular complexity index is 1070. The Hall–Kier alpha value is -3.68. The fraction of sp³-hybridized carbons (Fsp3) is 0.200. The summed E-state index contributed by atoms with van der Waals surface area (Å²) >= 11 is 0. The first-order valence-corrected chi connectivity index (χ1v) is 8.75. The summed E-state index contributed by atoms with van der Waals surface area (Å²) in [6.07, 6.45) is 2.31. The summed E-state index contributed by atoms with van der Waals surface area (Å²) in [4.78, 5) is 36.6. The van der Waals surface area contributed by atoms with Crippen molar-refractivity contribution in [1.29, 1.82) is 0 Å². The molecule has 3 rings (SSSR count). The van der Waals surface area contributed by atoms with E-state index >= 15 is 0 Å². The summed E-state index contributed by atoms with van der Waals surface area (Å²) in [6, 6.07) is 13.3. The third-order valence-corrected chi connectivity index (χ3v) is 4.32. The maximum atomic E-state index is 12.6. The van der Waals surface area contributed by atoms with Gasteiger partial charge in [-0.3, -0.25) is 19.5 Å². The van der Waals surface area contributed by atoms with Crippen molar-refractivity contribution in [2.45, 2.75) is 19.4 Å². The summed E-state index contributed by atoms with van der Waals surface area (Å²) in [6.45, 7) is 4.35. The van der Waals surface area contributed by atoms with Gasteiger partial charge in [-0.1, -0.05) is 24.3 Å². The third kappa shape index (κ3) is 4.01. The van der Waals surface area contributed by atoms with Gasteiger partial charge in [0.15, 0.2) is 5.58 Å². The number of carbonyl (C=O) groups is 1. The Morgan fingerprint density at radius 3 is 2.68 bits per heavy atom. The number of carbonyl (C=O) groups excluding carboxylic acids is 1. The Balaban J connectivity index is 1.71. The molecule has 0 N–H and O–H groups in total. The number of hydrogen-bond donors (Lipinski definition) is 0. The van der Waals surface area contributed by atoms with Crippen molar-refractivity contribution in [2.24, 2.45) is 0 Å². The number of amides is 1. The number of nitro groups is 1. The van der Waals surface area contributed by atoms with E-state index in [1.54, 1.807) is 11.0 Å². The molecule has 0 fully saturated rings. The molecule has 0 saturated carbocycles. The fourth-order valence-electron chi connectivity index (χ4n) is 2.99. The molecular formula is C20H19N3O5.